The van der Waals surface area contributed by atoms with Crippen molar-refractivity contribution in [3.05, 3.63) is 60.4 Å². The molecule has 136 valence electrons. The first-order chi connectivity index (χ1) is 13.1. The molecule has 3 rings (SSSR count). The monoisotopic (exact) mass is 361 g/mol. The van der Waals surface area contributed by atoms with E-state index in [2.05, 4.69) is 15.5 Å². The molecule has 0 bridgehead atoms. The van der Waals surface area contributed by atoms with E-state index in [4.69, 9.17) is 10.00 Å². The van der Waals surface area contributed by atoms with Crippen molar-refractivity contribution in [2.24, 2.45) is 0 Å². The van der Waals surface area contributed by atoms with Gasteiger partial charge in [-0.2, -0.15) is 5.26 Å². The van der Waals surface area contributed by atoms with Gasteiger partial charge >= 0.3 is 0 Å². The van der Waals surface area contributed by atoms with Crippen LogP contribution in [0.25, 0.3) is 11.4 Å². The van der Waals surface area contributed by atoms with Gasteiger partial charge in [0.1, 0.15) is 12.1 Å². The van der Waals surface area contributed by atoms with E-state index in [0.717, 1.165) is 17.9 Å². The number of amides is 1. The highest BCUT2D eigenvalue weighted by atomic mass is 16.5. The number of hydrogen-bond donors (Lipinski definition) is 1. The molecule has 1 amide bonds. The molecule has 1 heterocycles. The quantitative estimate of drug-likeness (QED) is 0.727. The molecule has 7 nitrogen and oxygen atoms in total. The van der Waals surface area contributed by atoms with E-state index in [-0.39, 0.29) is 5.91 Å². The average Bonchev–Trinajstić information content (AvgIpc) is 3.17. The van der Waals surface area contributed by atoms with Crippen molar-refractivity contribution < 1.29 is 9.53 Å². The van der Waals surface area contributed by atoms with Gasteiger partial charge in [0.05, 0.1) is 11.6 Å². The van der Waals surface area contributed by atoms with Gasteiger partial charge in [0, 0.05) is 17.8 Å². The highest BCUT2D eigenvalue weighted by Gasteiger charge is 2.16. The maximum atomic E-state index is 12.4. The summed E-state index contributed by atoms with van der Waals surface area (Å²) in [6, 6.07) is 16.1. The van der Waals surface area contributed by atoms with E-state index in [1.165, 1.54) is 0 Å². The highest BCUT2D eigenvalue weighted by Crippen LogP contribution is 2.21. The second kappa shape index (κ2) is 8.15. The Bertz CT molecular complexity index is 973. The largest absolute Gasteiger partial charge is 0.481 e. The number of benzene rings is 2. The van der Waals surface area contributed by atoms with Gasteiger partial charge in [-0.15, -0.1) is 10.2 Å². The lowest BCUT2D eigenvalue weighted by molar-refractivity contribution is -0.122. The van der Waals surface area contributed by atoms with E-state index >= 15 is 0 Å². The van der Waals surface area contributed by atoms with Crippen LogP contribution in [0, 0.1) is 11.3 Å². The summed E-state index contributed by atoms with van der Waals surface area (Å²) in [7, 11) is 0. The van der Waals surface area contributed by atoms with Crippen LogP contribution in [-0.4, -0.2) is 26.8 Å². The third kappa shape index (κ3) is 4.30. The summed E-state index contributed by atoms with van der Waals surface area (Å²) >= 11 is 0. The molecule has 2 aromatic carbocycles. The molecule has 0 aliphatic rings. The van der Waals surface area contributed by atoms with E-state index in [0.29, 0.717) is 17.0 Å². The van der Waals surface area contributed by atoms with Gasteiger partial charge in [0.15, 0.2) is 11.9 Å². The Morgan fingerprint density at radius 3 is 2.78 bits per heavy atom. The first kappa shape index (κ1) is 18.1. The smallest absolute Gasteiger partial charge is 0.265 e. The first-order valence-corrected chi connectivity index (χ1v) is 8.56. The van der Waals surface area contributed by atoms with Gasteiger partial charge in [-0.3, -0.25) is 4.79 Å². The van der Waals surface area contributed by atoms with Crippen molar-refractivity contribution in [1.82, 2.24) is 14.8 Å². The summed E-state index contributed by atoms with van der Waals surface area (Å²) in [5.41, 5.74) is 2.06. The predicted molar refractivity (Wildman–Crippen MR) is 101 cm³/mol. The maximum Gasteiger partial charge on any atom is 0.265 e. The minimum Gasteiger partial charge on any atom is -0.481 e. The van der Waals surface area contributed by atoms with E-state index < -0.39 is 6.10 Å². The second-order valence-corrected chi connectivity index (χ2v) is 5.91. The summed E-state index contributed by atoms with van der Waals surface area (Å²) in [5, 5.41) is 19.7. The highest BCUT2D eigenvalue weighted by molar-refractivity contribution is 5.94. The van der Waals surface area contributed by atoms with Gasteiger partial charge in [-0.05, 0) is 50.2 Å². The summed E-state index contributed by atoms with van der Waals surface area (Å²) < 4.78 is 7.57. The van der Waals surface area contributed by atoms with Crippen molar-refractivity contribution in [2.75, 3.05) is 5.32 Å². The Morgan fingerprint density at radius 1 is 1.30 bits per heavy atom. The third-order valence-electron chi connectivity index (χ3n) is 4.01. The Morgan fingerprint density at radius 2 is 2.07 bits per heavy atom. The second-order valence-electron chi connectivity index (χ2n) is 5.91. The Kier molecular flexibility index (Phi) is 5.47. The molecule has 0 radical (unpaired) electrons. The molecule has 0 fully saturated rings. The minimum atomic E-state index is -0.694. The number of ether oxygens (including phenoxy) is 1. The molecular formula is C20H19N5O2. The standard InChI is InChI=1S/C20H19N5O2/c1-3-25-13-22-24-19(25)16-5-4-6-17(11-16)23-20(26)14(2)27-18-9-7-15(12-21)8-10-18/h4-11,13-14H,3H2,1-2H3,(H,23,26). The van der Waals surface area contributed by atoms with Gasteiger partial charge in [0.25, 0.3) is 5.91 Å². The molecule has 1 atom stereocenters. The Balaban J connectivity index is 1.68. The van der Waals surface area contributed by atoms with E-state index in [1.54, 1.807) is 37.5 Å². The number of carbonyl (C=O) groups excluding carboxylic acids is 1. The molecule has 0 aliphatic carbocycles. The molecule has 0 saturated carbocycles. The maximum absolute atomic E-state index is 12.4. The lowest BCUT2D eigenvalue weighted by Crippen LogP contribution is -2.30. The summed E-state index contributed by atoms with van der Waals surface area (Å²) in [6.07, 6.45) is 0.981. The molecule has 0 spiro atoms. The number of anilines is 1. The van der Waals surface area contributed by atoms with Crippen molar-refractivity contribution in [1.29, 1.82) is 5.26 Å². The summed E-state index contributed by atoms with van der Waals surface area (Å²) in [5.74, 6) is 1.00. The van der Waals surface area contributed by atoms with E-state index in [9.17, 15) is 4.79 Å². The zero-order valence-electron chi connectivity index (χ0n) is 15.1. The fraction of sp³-hybridized carbons (Fsp3) is 0.200. The molecule has 1 aromatic heterocycles. The number of aryl methyl sites for hydroxylation is 1. The third-order valence-corrected chi connectivity index (χ3v) is 4.01. The van der Waals surface area contributed by atoms with Crippen LogP contribution in [0.5, 0.6) is 5.75 Å². The number of nitriles is 1. The van der Waals surface area contributed by atoms with Crippen LogP contribution >= 0.6 is 0 Å². The number of hydrogen-bond acceptors (Lipinski definition) is 5. The van der Waals surface area contributed by atoms with Crippen molar-refractivity contribution in [3.63, 3.8) is 0 Å². The average molecular weight is 361 g/mol. The zero-order chi connectivity index (χ0) is 19.2. The van der Waals surface area contributed by atoms with Crippen LogP contribution in [0.4, 0.5) is 5.69 Å². The number of aromatic nitrogens is 3. The molecule has 1 N–H and O–H groups in total. The SMILES string of the molecule is CCn1cnnc1-c1cccc(NC(=O)C(C)Oc2ccc(C#N)cc2)c1. The van der Waals surface area contributed by atoms with Crippen molar-refractivity contribution >= 4 is 11.6 Å². The van der Waals surface area contributed by atoms with Crippen LogP contribution in [0.2, 0.25) is 0 Å². The lowest BCUT2D eigenvalue weighted by Gasteiger charge is -2.15. The molecule has 0 aliphatic heterocycles. The molecule has 7 heteroatoms. The van der Waals surface area contributed by atoms with Crippen LogP contribution in [-0.2, 0) is 11.3 Å². The lowest BCUT2D eigenvalue weighted by atomic mass is 10.2. The fourth-order valence-electron chi connectivity index (χ4n) is 2.56. The summed E-state index contributed by atoms with van der Waals surface area (Å²) in [4.78, 5) is 12.4. The van der Waals surface area contributed by atoms with E-state index in [1.807, 2.05) is 41.8 Å². The summed E-state index contributed by atoms with van der Waals surface area (Å²) in [6.45, 7) is 4.44. The normalized spacial score (nSPS) is 11.4. The fourth-order valence-corrected chi connectivity index (χ4v) is 2.56. The van der Waals surface area contributed by atoms with Gasteiger partial charge < -0.3 is 14.6 Å². The van der Waals surface area contributed by atoms with Gasteiger partial charge in [-0.25, -0.2) is 0 Å². The van der Waals surface area contributed by atoms with Crippen molar-refractivity contribution in [2.45, 2.75) is 26.5 Å². The number of rotatable bonds is 6. The topological polar surface area (TPSA) is 92.8 Å². The molecular weight excluding hydrogens is 342 g/mol. The first-order valence-electron chi connectivity index (χ1n) is 8.56. The van der Waals surface area contributed by atoms with Crippen LogP contribution in [0.15, 0.2) is 54.9 Å². The minimum absolute atomic E-state index is 0.270. The molecule has 3 aromatic rings. The molecule has 27 heavy (non-hydrogen) atoms. The predicted octanol–water partition coefficient (Wildman–Crippen LogP) is 3.24. The van der Waals surface area contributed by atoms with Crippen molar-refractivity contribution in [3.8, 4) is 23.2 Å². The molecule has 0 saturated heterocycles. The molecule has 1 unspecified atom stereocenters. The van der Waals surface area contributed by atoms with Gasteiger partial charge in [0.2, 0.25) is 0 Å². The Hall–Kier alpha value is -3.66. The van der Waals surface area contributed by atoms with Gasteiger partial charge in [-0.1, -0.05) is 12.1 Å². The number of nitrogens with one attached hydrogen (secondary N) is 1. The van der Waals surface area contributed by atoms with Crippen LogP contribution in [0.1, 0.15) is 19.4 Å². The van der Waals surface area contributed by atoms with Crippen LogP contribution < -0.4 is 10.1 Å². The number of carbonyl (C=O) groups is 1. The Labute approximate surface area is 157 Å². The zero-order valence-corrected chi connectivity index (χ0v) is 15.1. The van der Waals surface area contributed by atoms with Crippen LogP contribution in [0.3, 0.4) is 0 Å². The number of nitrogens with zero attached hydrogens (tertiary/aromatic N) is 4.